The van der Waals surface area contributed by atoms with Crippen molar-refractivity contribution in [1.29, 1.82) is 0 Å². The number of methoxy groups -OCH3 is 1. The van der Waals surface area contributed by atoms with E-state index in [4.69, 9.17) is 16.3 Å². The number of rotatable bonds is 5. The first-order valence-electron chi connectivity index (χ1n) is 9.28. The Hall–Kier alpha value is -2.14. The van der Waals surface area contributed by atoms with Gasteiger partial charge in [0.25, 0.3) is 5.91 Å². The summed E-state index contributed by atoms with van der Waals surface area (Å²) in [6.45, 7) is 0.404. The number of carbonyl (C=O) groups is 1. The van der Waals surface area contributed by atoms with Crippen LogP contribution in [0, 0.1) is 0 Å². The minimum atomic E-state index is -4.77. The molecule has 1 fully saturated rings. The van der Waals surface area contributed by atoms with Crippen molar-refractivity contribution in [1.82, 2.24) is 9.21 Å². The number of hydrogen-bond donors (Lipinski definition) is 0. The SMILES string of the molecule is COCc1ccccc1C(=O)N1CCN(S(=O)(=O)c2ccc(Cl)c(C(F)(F)F)c2)CC1. The van der Waals surface area contributed by atoms with Gasteiger partial charge in [-0.1, -0.05) is 29.8 Å². The summed E-state index contributed by atoms with van der Waals surface area (Å²) in [5.41, 5.74) is -0.0297. The van der Waals surface area contributed by atoms with E-state index >= 15 is 0 Å². The van der Waals surface area contributed by atoms with Crippen LogP contribution in [0.3, 0.4) is 0 Å². The first-order valence-corrected chi connectivity index (χ1v) is 11.1. The van der Waals surface area contributed by atoms with Crippen LogP contribution in [0.15, 0.2) is 47.4 Å². The maximum absolute atomic E-state index is 13.1. The molecule has 0 radical (unpaired) electrons. The van der Waals surface area contributed by atoms with Crippen LogP contribution in [-0.4, -0.2) is 56.8 Å². The van der Waals surface area contributed by atoms with Crippen LogP contribution in [-0.2, 0) is 27.5 Å². The van der Waals surface area contributed by atoms with Crippen molar-refractivity contribution in [3.63, 3.8) is 0 Å². The van der Waals surface area contributed by atoms with E-state index in [9.17, 15) is 26.4 Å². The number of ether oxygens (including phenoxy) is 1. The normalized spacial score (nSPS) is 15.8. The topological polar surface area (TPSA) is 66.9 Å². The third-order valence-electron chi connectivity index (χ3n) is 4.95. The quantitative estimate of drug-likeness (QED) is 0.660. The molecule has 168 valence electrons. The van der Waals surface area contributed by atoms with Gasteiger partial charge in [0.05, 0.1) is 22.1 Å². The highest BCUT2D eigenvalue weighted by atomic mass is 35.5. The lowest BCUT2D eigenvalue weighted by Gasteiger charge is -2.34. The van der Waals surface area contributed by atoms with E-state index in [2.05, 4.69) is 0 Å². The number of amides is 1. The molecule has 1 amide bonds. The van der Waals surface area contributed by atoms with Crippen LogP contribution in [0.25, 0.3) is 0 Å². The van der Waals surface area contributed by atoms with E-state index in [1.807, 2.05) is 0 Å². The molecule has 0 aromatic heterocycles. The molecule has 0 atom stereocenters. The van der Waals surface area contributed by atoms with Gasteiger partial charge in [-0.2, -0.15) is 17.5 Å². The summed E-state index contributed by atoms with van der Waals surface area (Å²) in [5, 5.41) is -0.573. The molecule has 1 aliphatic rings. The molecule has 3 rings (SSSR count). The average molecular weight is 477 g/mol. The van der Waals surface area contributed by atoms with Crippen LogP contribution in [0.1, 0.15) is 21.5 Å². The molecule has 0 aliphatic carbocycles. The Morgan fingerprint density at radius 1 is 1.10 bits per heavy atom. The van der Waals surface area contributed by atoms with E-state index < -0.39 is 31.7 Å². The number of benzene rings is 2. The Labute approximate surface area is 183 Å². The van der Waals surface area contributed by atoms with Gasteiger partial charge in [-0.3, -0.25) is 4.79 Å². The smallest absolute Gasteiger partial charge is 0.380 e. The van der Waals surface area contributed by atoms with Gasteiger partial charge in [0.15, 0.2) is 0 Å². The molecular formula is C20H20ClF3N2O4S. The molecule has 0 unspecified atom stereocenters. The number of piperazine rings is 1. The van der Waals surface area contributed by atoms with Gasteiger partial charge < -0.3 is 9.64 Å². The standard InChI is InChI=1S/C20H20ClF3N2O4S/c1-30-13-14-4-2-3-5-16(14)19(27)25-8-10-26(11-9-25)31(28,29)15-6-7-18(21)17(12-15)20(22,23)24/h2-7,12H,8-11,13H2,1H3. The second-order valence-electron chi connectivity index (χ2n) is 6.93. The van der Waals surface area contributed by atoms with Crippen molar-refractivity contribution in [3.05, 3.63) is 64.2 Å². The Balaban J connectivity index is 1.76. The third-order valence-corrected chi connectivity index (χ3v) is 7.18. The van der Waals surface area contributed by atoms with E-state index in [0.29, 0.717) is 17.2 Å². The molecule has 6 nitrogen and oxygen atoms in total. The second kappa shape index (κ2) is 9.15. The van der Waals surface area contributed by atoms with E-state index in [1.54, 1.807) is 24.3 Å². The molecule has 0 bridgehead atoms. The predicted molar refractivity (Wildman–Crippen MR) is 108 cm³/mol. The fraction of sp³-hybridized carbons (Fsp3) is 0.350. The van der Waals surface area contributed by atoms with Crippen LogP contribution >= 0.6 is 11.6 Å². The van der Waals surface area contributed by atoms with E-state index in [1.165, 1.54) is 12.0 Å². The van der Waals surface area contributed by atoms with Gasteiger partial charge in [0, 0.05) is 38.9 Å². The van der Waals surface area contributed by atoms with Gasteiger partial charge in [0.1, 0.15) is 0 Å². The molecule has 0 N–H and O–H groups in total. The monoisotopic (exact) mass is 476 g/mol. The predicted octanol–water partition coefficient (Wildman–Crippen LogP) is 3.65. The van der Waals surface area contributed by atoms with Crippen LogP contribution in [0.2, 0.25) is 5.02 Å². The highest BCUT2D eigenvalue weighted by Gasteiger charge is 2.36. The highest BCUT2D eigenvalue weighted by molar-refractivity contribution is 7.89. The minimum Gasteiger partial charge on any atom is -0.380 e. The first-order chi connectivity index (χ1) is 14.6. The molecule has 1 aliphatic heterocycles. The second-order valence-corrected chi connectivity index (χ2v) is 9.27. The summed E-state index contributed by atoms with van der Waals surface area (Å²) < 4.78 is 71.2. The summed E-state index contributed by atoms with van der Waals surface area (Å²) in [4.78, 5) is 13.9. The molecule has 0 spiro atoms. The van der Waals surface area contributed by atoms with E-state index in [0.717, 1.165) is 16.4 Å². The third kappa shape index (κ3) is 5.03. The van der Waals surface area contributed by atoms with Crippen molar-refractivity contribution in [2.75, 3.05) is 33.3 Å². The van der Waals surface area contributed by atoms with Gasteiger partial charge in [-0.05, 0) is 29.8 Å². The zero-order chi connectivity index (χ0) is 22.8. The fourth-order valence-electron chi connectivity index (χ4n) is 3.34. The molecule has 2 aromatic rings. The summed E-state index contributed by atoms with van der Waals surface area (Å²) in [7, 11) is -2.66. The molecule has 31 heavy (non-hydrogen) atoms. The lowest BCUT2D eigenvalue weighted by molar-refractivity contribution is -0.137. The summed E-state index contributed by atoms with van der Waals surface area (Å²) >= 11 is 5.58. The largest absolute Gasteiger partial charge is 0.417 e. The molecular weight excluding hydrogens is 457 g/mol. The minimum absolute atomic E-state index is 0.0372. The maximum atomic E-state index is 13.1. The van der Waals surface area contributed by atoms with Crippen molar-refractivity contribution in [2.24, 2.45) is 0 Å². The summed E-state index contributed by atoms with van der Waals surface area (Å²) in [6, 6.07) is 9.47. The number of halogens is 4. The fourth-order valence-corrected chi connectivity index (χ4v) is 5.02. The highest BCUT2D eigenvalue weighted by Crippen LogP contribution is 2.36. The number of nitrogens with zero attached hydrogens (tertiary/aromatic N) is 2. The molecule has 1 heterocycles. The summed E-state index contributed by atoms with van der Waals surface area (Å²) in [5.74, 6) is -0.254. The first kappa shape index (κ1) is 23.5. The average Bonchev–Trinajstić information content (AvgIpc) is 2.73. The van der Waals surface area contributed by atoms with Gasteiger partial charge in [-0.15, -0.1) is 0 Å². The van der Waals surface area contributed by atoms with Gasteiger partial charge in [0.2, 0.25) is 10.0 Å². The van der Waals surface area contributed by atoms with Crippen LogP contribution < -0.4 is 0 Å². The summed E-state index contributed by atoms with van der Waals surface area (Å²) in [6.07, 6.45) is -4.77. The number of hydrogen-bond acceptors (Lipinski definition) is 4. The Morgan fingerprint density at radius 2 is 1.74 bits per heavy atom. The lowest BCUT2D eigenvalue weighted by atomic mass is 10.1. The number of sulfonamides is 1. The van der Waals surface area contributed by atoms with Crippen molar-refractivity contribution in [3.8, 4) is 0 Å². The van der Waals surface area contributed by atoms with E-state index in [-0.39, 0.29) is 38.7 Å². The maximum Gasteiger partial charge on any atom is 0.417 e. The van der Waals surface area contributed by atoms with Crippen LogP contribution in [0.4, 0.5) is 13.2 Å². The molecule has 2 aromatic carbocycles. The lowest BCUT2D eigenvalue weighted by Crippen LogP contribution is -2.50. The molecule has 11 heteroatoms. The number of carbonyl (C=O) groups excluding carboxylic acids is 1. The van der Waals surface area contributed by atoms with Crippen LogP contribution in [0.5, 0.6) is 0 Å². The van der Waals surface area contributed by atoms with Crippen molar-refractivity contribution >= 4 is 27.5 Å². The van der Waals surface area contributed by atoms with Gasteiger partial charge in [-0.25, -0.2) is 8.42 Å². The number of alkyl halides is 3. The zero-order valence-corrected chi connectivity index (χ0v) is 18.1. The molecule has 1 saturated heterocycles. The van der Waals surface area contributed by atoms with Gasteiger partial charge >= 0.3 is 6.18 Å². The van der Waals surface area contributed by atoms with Crippen molar-refractivity contribution < 1.29 is 31.1 Å². The van der Waals surface area contributed by atoms with Crippen molar-refractivity contribution in [2.45, 2.75) is 17.7 Å². The zero-order valence-electron chi connectivity index (χ0n) is 16.5. The Morgan fingerprint density at radius 3 is 2.35 bits per heavy atom. The Bertz CT molecular complexity index is 1070. The molecule has 0 saturated carbocycles. The Kier molecular flexibility index (Phi) is 6.95.